The van der Waals surface area contributed by atoms with Crippen LogP contribution in [-0.2, 0) is 4.79 Å². The van der Waals surface area contributed by atoms with Crippen LogP contribution in [0.5, 0.6) is 5.88 Å². The minimum atomic E-state index is 0.403. The highest BCUT2D eigenvalue weighted by Crippen LogP contribution is 2.19. The van der Waals surface area contributed by atoms with E-state index in [2.05, 4.69) is 26.8 Å². The van der Waals surface area contributed by atoms with E-state index in [0.717, 1.165) is 4.47 Å². The van der Waals surface area contributed by atoms with Gasteiger partial charge < -0.3 is 4.74 Å². The number of amides is 1. The van der Waals surface area contributed by atoms with Crippen molar-refractivity contribution >= 4 is 22.3 Å². The van der Waals surface area contributed by atoms with Crippen LogP contribution in [-0.4, -0.2) is 18.5 Å². The number of ether oxygens (including phenoxy) is 1. The Morgan fingerprint density at radius 1 is 1.77 bits per heavy atom. The van der Waals surface area contributed by atoms with Gasteiger partial charge in [-0.25, -0.2) is 10.8 Å². The lowest BCUT2D eigenvalue weighted by Gasteiger charge is -1.97. The molecule has 6 heteroatoms. The summed E-state index contributed by atoms with van der Waals surface area (Å²) >= 11 is 3.27. The number of nitrogens with zero attached hydrogens (tertiary/aromatic N) is 1. The number of carbonyl (C=O) groups is 1. The summed E-state index contributed by atoms with van der Waals surface area (Å²) in [6.45, 7) is 0. The van der Waals surface area contributed by atoms with E-state index in [1.807, 2.05) is 12.1 Å². The van der Waals surface area contributed by atoms with Gasteiger partial charge in [0.05, 0.1) is 11.6 Å². The first-order valence-corrected chi connectivity index (χ1v) is 4.09. The van der Waals surface area contributed by atoms with E-state index in [0.29, 0.717) is 12.3 Å². The number of carbonyl (C=O) groups excluding carboxylic acids is 1. The molecule has 0 spiro atoms. The Labute approximate surface area is 84.4 Å². The highest BCUT2D eigenvalue weighted by atomic mass is 79.9. The Morgan fingerprint density at radius 2 is 2.38 bits per heavy atom. The lowest BCUT2D eigenvalue weighted by Crippen LogP contribution is -2.18. The molecular formula is C7H10BrN3O2. The molecule has 5 nitrogen and oxygen atoms in total. The van der Waals surface area contributed by atoms with Crippen LogP contribution in [0.2, 0.25) is 0 Å². The largest absolute Gasteiger partial charge is 0.480 e. The van der Waals surface area contributed by atoms with Crippen LogP contribution in [0.4, 0.5) is 0 Å². The third kappa shape index (κ3) is 5.15. The van der Waals surface area contributed by atoms with E-state index in [1.54, 1.807) is 18.7 Å². The summed E-state index contributed by atoms with van der Waals surface area (Å²) in [4.78, 5) is 12.9. The fourth-order valence-electron chi connectivity index (χ4n) is 0.521. The molecule has 13 heavy (non-hydrogen) atoms. The zero-order valence-corrected chi connectivity index (χ0v) is 8.61. The summed E-state index contributed by atoms with van der Waals surface area (Å²) in [5, 5.41) is 0. The first-order valence-electron chi connectivity index (χ1n) is 3.30. The molecule has 0 saturated heterocycles. The molecule has 1 rings (SSSR count). The van der Waals surface area contributed by atoms with E-state index in [4.69, 9.17) is 9.53 Å². The predicted molar refractivity (Wildman–Crippen MR) is 51.9 cm³/mol. The Kier molecular flexibility index (Phi) is 6.85. The molecule has 0 atom stereocenters. The topological polar surface area (TPSA) is 77.2 Å². The molecule has 0 radical (unpaired) electrons. The van der Waals surface area contributed by atoms with Crippen LogP contribution >= 0.6 is 15.9 Å². The van der Waals surface area contributed by atoms with Gasteiger partial charge in [-0.15, -0.1) is 0 Å². The molecule has 0 saturated carbocycles. The van der Waals surface area contributed by atoms with Crippen molar-refractivity contribution in [2.45, 2.75) is 0 Å². The minimum absolute atomic E-state index is 0.403. The average molecular weight is 248 g/mol. The van der Waals surface area contributed by atoms with E-state index < -0.39 is 0 Å². The maximum Gasteiger partial charge on any atom is 0.227 e. The van der Waals surface area contributed by atoms with Crippen LogP contribution in [0.1, 0.15) is 0 Å². The van der Waals surface area contributed by atoms with Gasteiger partial charge in [0.2, 0.25) is 12.3 Å². The molecule has 72 valence electrons. The maximum absolute atomic E-state index is 8.94. The first-order chi connectivity index (χ1) is 6.26. The second-order valence-electron chi connectivity index (χ2n) is 1.78. The molecule has 0 aromatic carbocycles. The summed E-state index contributed by atoms with van der Waals surface area (Å²) < 4.78 is 5.77. The summed E-state index contributed by atoms with van der Waals surface area (Å²) in [6.07, 6.45) is 2.09. The number of hydrogen-bond donors (Lipinski definition) is 2. The highest BCUT2D eigenvalue weighted by molar-refractivity contribution is 9.10. The quantitative estimate of drug-likeness (QED) is 0.345. The summed E-state index contributed by atoms with van der Waals surface area (Å²) in [7, 11) is 1.59. The Hall–Kier alpha value is -1.14. The number of aromatic nitrogens is 1. The monoisotopic (exact) mass is 247 g/mol. The van der Waals surface area contributed by atoms with Gasteiger partial charge in [-0.2, -0.15) is 0 Å². The fraction of sp³-hybridized carbons (Fsp3) is 0.143. The van der Waals surface area contributed by atoms with E-state index in [-0.39, 0.29) is 0 Å². The Bertz CT molecular complexity index is 257. The van der Waals surface area contributed by atoms with Crippen LogP contribution < -0.4 is 16.0 Å². The van der Waals surface area contributed by atoms with Gasteiger partial charge in [-0.1, -0.05) is 0 Å². The zero-order valence-electron chi connectivity index (χ0n) is 7.03. The first kappa shape index (κ1) is 11.9. The molecular weight excluding hydrogens is 238 g/mol. The fourth-order valence-corrected chi connectivity index (χ4v) is 0.938. The van der Waals surface area contributed by atoms with Crippen LogP contribution in [0.3, 0.4) is 0 Å². The van der Waals surface area contributed by atoms with Gasteiger partial charge >= 0.3 is 0 Å². The van der Waals surface area contributed by atoms with E-state index in [9.17, 15) is 0 Å². The van der Waals surface area contributed by atoms with Crippen molar-refractivity contribution in [3.63, 3.8) is 0 Å². The molecule has 3 N–H and O–H groups in total. The van der Waals surface area contributed by atoms with Gasteiger partial charge in [-0.3, -0.25) is 10.2 Å². The summed E-state index contributed by atoms with van der Waals surface area (Å²) in [5.74, 6) is 5.03. The van der Waals surface area contributed by atoms with Crippen molar-refractivity contribution < 1.29 is 9.53 Å². The normalized spacial score (nSPS) is 7.92. The number of halogens is 1. The van der Waals surface area contributed by atoms with E-state index >= 15 is 0 Å². The molecule has 1 heterocycles. The van der Waals surface area contributed by atoms with Crippen molar-refractivity contribution in [2.75, 3.05) is 7.11 Å². The SMILES string of the molecule is COc1ncccc1Br.NNC=O. The second kappa shape index (κ2) is 7.51. The van der Waals surface area contributed by atoms with E-state index in [1.165, 1.54) is 0 Å². The predicted octanol–water partition coefficient (Wildman–Crippen LogP) is 0.459. The highest BCUT2D eigenvalue weighted by Gasteiger charge is 1.95. The van der Waals surface area contributed by atoms with Gasteiger partial charge in [0.1, 0.15) is 0 Å². The Morgan fingerprint density at radius 3 is 2.69 bits per heavy atom. The molecule has 0 bridgehead atoms. The van der Waals surface area contributed by atoms with Crippen molar-refractivity contribution in [2.24, 2.45) is 5.84 Å². The van der Waals surface area contributed by atoms with Gasteiger partial charge in [0.15, 0.2) is 0 Å². The molecule has 0 unspecified atom stereocenters. The third-order valence-corrected chi connectivity index (χ3v) is 1.59. The molecule has 1 amide bonds. The summed E-state index contributed by atoms with van der Waals surface area (Å²) in [6, 6.07) is 3.72. The van der Waals surface area contributed by atoms with Crippen molar-refractivity contribution in [1.29, 1.82) is 0 Å². The smallest absolute Gasteiger partial charge is 0.227 e. The maximum atomic E-state index is 8.94. The molecule has 1 aromatic heterocycles. The van der Waals surface area contributed by atoms with Gasteiger partial charge in [0.25, 0.3) is 0 Å². The lowest BCUT2D eigenvalue weighted by atomic mass is 10.5. The number of nitrogens with one attached hydrogen (secondary N) is 1. The molecule has 1 aromatic rings. The average Bonchev–Trinajstić information content (AvgIpc) is 2.19. The zero-order chi connectivity index (χ0) is 10.1. The molecule has 0 fully saturated rings. The number of hydrazine groups is 1. The number of hydrogen-bond acceptors (Lipinski definition) is 4. The van der Waals surface area contributed by atoms with Gasteiger partial charge in [0, 0.05) is 6.20 Å². The van der Waals surface area contributed by atoms with Crippen LogP contribution in [0.15, 0.2) is 22.8 Å². The van der Waals surface area contributed by atoms with Crippen LogP contribution in [0, 0.1) is 0 Å². The van der Waals surface area contributed by atoms with Crippen LogP contribution in [0.25, 0.3) is 0 Å². The molecule has 0 aliphatic carbocycles. The third-order valence-electron chi connectivity index (χ3n) is 0.986. The lowest BCUT2D eigenvalue weighted by molar-refractivity contribution is -0.109. The second-order valence-corrected chi connectivity index (χ2v) is 2.63. The van der Waals surface area contributed by atoms with Crippen molar-refractivity contribution in [1.82, 2.24) is 10.4 Å². The van der Waals surface area contributed by atoms with Crippen molar-refractivity contribution in [3.8, 4) is 5.88 Å². The number of nitrogens with two attached hydrogens (primary N) is 1. The van der Waals surface area contributed by atoms with Gasteiger partial charge in [-0.05, 0) is 28.1 Å². The molecule has 0 aliphatic rings. The van der Waals surface area contributed by atoms with Crippen molar-refractivity contribution in [3.05, 3.63) is 22.8 Å². The number of methoxy groups -OCH3 is 1. The number of rotatable bonds is 2. The molecule has 0 aliphatic heterocycles. The minimum Gasteiger partial charge on any atom is -0.480 e. The summed E-state index contributed by atoms with van der Waals surface area (Å²) in [5.41, 5.74) is 1.75. The standard InChI is InChI=1S/C6H6BrNO.CH4N2O/c1-9-6-5(7)3-2-4-8-6;2-3-1-4/h2-4H,1H3;1H,2H2,(H,3,4). The Balaban J connectivity index is 0.000000310. The number of pyridine rings is 1.